The molecule has 0 saturated carbocycles. The van der Waals surface area contributed by atoms with Gasteiger partial charge in [-0.2, -0.15) is 0 Å². The fourth-order valence-corrected chi connectivity index (χ4v) is 2.05. The normalized spacial score (nSPS) is 14.8. The topological polar surface area (TPSA) is 69.6 Å². The van der Waals surface area contributed by atoms with Crippen LogP contribution in [0.1, 0.15) is 12.0 Å². The Morgan fingerprint density at radius 2 is 2.00 bits per heavy atom. The molecule has 1 aliphatic heterocycles. The van der Waals surface area contributed by atoms with Crippen molar-refractivity contribution in [1.82, 2.24) is 4.90 Å². The van der Waals surface area contributed by atoms with E-state index in [1.807, 2.05) is 0 Å². The van der Waals surface area contributed by atoms with Gasteiger partial charge in [-0.15, -0.1) is 0 Å². The highest BCUT2D eigenvalue weighted by Gasteiger charge is 2.32. The summed E-state index contributed by atoms with van der Waals surface area (Å²) >= 11 is 0. The van der Waals surface area contributed by atoms with Crippen molar-refractivity contribution in [2.24, 2.45) is 5.92 Å². The molecular weight excluding hydrogens is 270 g/mol. The molecule has 1 aliphatic rings. The molecule has 0 radical (unpaired) electrons. The standard InChI is InChI=1S/C13H14F2N2O3/c1-7-2-10(15)11(4-9(7)14)16-13(20)17-5-8(6-17)3-12(18)19/h2,4,8H,3,5-6H2,1H3,(H,16,20)(H,18,19). The number of nitrogens with zero attached hydrogens (tertiary/aromatic N) is 1. The minimum absolute atomic E-state index is 0.00268. The number of halogens is 2. The number of urea groups is 1. The highest BCUT2D eigenvalue weighted by atomic mass is 19.1. The Morgan fingerprint density at radius 3 is 2.60 bits per heavy atom. The lowest BCUT2D eigenvalue weighted by Gasteiger charge is -2.38. The Balaban J connectivity index is 1.93. The molecule has 108 valence electrons. The third kappa shape index (κ3) is 3.04. The largest absolute Gasteiger partial charge is 0.481 e. The van der Waals surface area contributed by atoms with E-state index >= 15 is 0 Å². The summed E-state index contributed by atoms with van der Waals surface area (Å²) in [6.45, 7) is 2.03. The van der Waals surface area contributed by atoms with Gasteiger partial charge in [0, 0.05) is 25.1 Å². The number of hydrogen-bond donors (Lipinski definition) is 2. The fraction of sp³-hybridized carbons (Fsp3) is 0.385. The van der Waals surface area contributed by atoms with Gasteiger partial charge in [-0.05, 0) is 18.6 Å². The zero-order chi connectivity index (χ0) is 14.9. The van der Waals surface area contributed by atoms with E-state index in [2.05, 4.69) is 5.32 Å². The van der Waals surface area contributed by atoms with Crippen molar-refractivity contribution < 1.29 is 23.5 Å². The smallest absolute Gasteiger partial charge is 0.321 e. The van der Waals surface area contributed by atoms with Crippen molar-refractivity contribution in [2.75, 3.05) is 18.4 Å². The van der Waals surface area contributed by atoms with Crippen LogP contribution in [0.5, 0.6) is 0 Å². The zero-order valence-corrected chi connectivity index (χ0v) is 10.8. The molecular formula is C13H14F2N2O3. The lowest BCUT2D eigenvalue weighted by Crippen LogP contribution is -2.52. The third-order valence-electron chi connectivity index (χ3n) is 3.20. The Hall–Kier alpha value is -2.18. The van der Waals surface area contributed by atoms with Gasteiger partial charge >= 0.3 is 12.0 Å². The van der Waals surface area contributed by atoms with Crippen LogP contribution in [0.3, 0.4) is 0 Å². The number of carbonyl (C=O) groups excluding carboxylic acids is 1. The predicted octanol–water partition coefficient (Wildman–Crippen LogP) is 2.21. The molecule has 1 aromatic carbocycles. The number of amides is 2. The van der Waals surface area contributed by atoms with Gasteiger partial charge < -0.3 is 15.3 Å². The maximum absolute atomic E-state index is 13.5. The molecule has 2 rings (SSSR count). The van der Waals surface area contributed by atoms with Gasteiger partial charge in [-0.25, -0.2) is 13.6 Å². The third-order valence-corrected chi connectivity index (χ3v) is 3.20. The molecule has 5 nitrogen and oxygen atoms in total. The molecule has 2 N–H and O–H groups in total. The first-order valence-electron chi connectivity index (χ1n) is 6.10. The van der Waals surface area contributed by atoms with E-state index in [0.29, 0.717) is 13.1 Å². The Morgan fingerprint density at radius 1 is 1.35 bits per heavy atom. The first-order valence-corrected chi connectivity index (χ1v) is 6.10. The quantitative estimate of drug-likeness (QED) is 0.894. The minimum atomic E-state index is -0.915. The second-order valence-corrected chi connectivity index (χ2v) is 4.88. The summed E-state index contributed by atoms with van der Waals surface area (Å²) < 4.78 is 26.9. The van der Waals surface area contributed by atoms with Gasteiger partial charge in [0.1, 0.15) is 11.6 Å². The van der Waals surface area contributed by atoms with E-state index < -0.39 is 23.6 Å². The number of benzene rings is 1. The van der Waals surface area contributed by atoms with Crippen molar-refractivity contribution in [3.8, 4) is 0 Å². The number of carboxylic acids is 1. The highest BCUT2D eigenvalue weighted by molar-refractivity contribution is 5.90. The first-order chi connectivity index (χ1) is 9.36. The lowest BCUT2D eigenvalue weighted by atomic mass is 9.97. The number of aryl methyl sites for hydroxylation is 1. The second kappa shape index (κ2) is 5.44. The summed E-state index contributed by atoms with van der Waals surface area (Å²) in [7, 11) is 0. The van der Waals surface area contributed by atoms with E-state index in [4.69, 9.17) is 5.11 Å². The number of anilines is 1. The van der Waals surface area contributed by atoms with Crippen molar-refractivity contribution in [3.63, 3.8) is 0 Å². The number of nitrogens with one attached hydrogen (secondary N) is 1. The Kier molecular flexibility index (Phi) is 3.87. The van der Waals surface area contributed by atoms with Gasteiger partial charge in [0.05, 0.1) is 12.1 Å². The summed E-state index contributed by atoms with van der Waals surface area (Å²) in [5, 5.41) is 10.9. The van der Waals surface area contributed by atoms with E-state index in [1.165, 1.54) is 11.8 Å². The van der Waals surface area contributed by atoms with Crippen LogP contribution in [0.15, 0.2) is 12.1 Å². The van der Waals surface area contributed by atoms with Gasteiger partial charge in [0.2, 0.25) is 0 Å². The predicted molar refractivity (Wildman–Crippen MR) is 67.4 cm³/mol. The van der Waals surface area contributed by atoms with Gasteiger partial charge in [0.15, 0.2) is 0 Å². The molecule has 0 atom stereocenters. The summed E-state index contributed by atoms with van der Waals surface area (Å²) in [6, 6.07) is 1.37. The van der Waals surface area contributed by atoms with Crippen LogP contribution in [0.2, 0.25) is 0 Å². The number of likely N-dealkylation sites (tertiary alicyclic amines) is 1. The van der Waals surface area contributed by atoms with Gasteiger partial charge in [0.25, 0.3) is 0 Å². The molecule has 1 heterocycles. The maximum Gasteiger partial charge on any atom is 0.321 e. The molecule has 0 bridgehead atoms. The molecule has 0 aliphatic carbocycles. The molecule has 0 unspecified atom stereocenters. The van der Waals surface area contributed by atoms with Gasteiger partial charge in [-0.3, -0.25) is 4.79 Å². The summed E-state index contributed by atoms with van der Waals surface area (Å²) in [4.78, 5) is 23.6. The number of hydrogen-bond acceptors (Lipinski definition) is 2. The van der Waals surface area contributed by atoms with E-state index in [0.717, 1.165) is 12.1 Å². The van der Waals surface area contributed by atoms with Crippen molar-refractivity contribution >= 4 is 17.7 Å². The Bertz CT molecular complexity index is 557. The monoisotopic (exact) mass is 284 g/mol. The Labute approximate surface area is 114 Å². The molecule has 0 spiro atoms. The van der Waals surface area contributed by atoms with Crippen LogP contribution in [0.4, 0.5) is 19.3 Å². The molecule has 7 heteroatoms. The van der Waals surface area contributed by atoms with Crippen molar-refractivity contribution in [1.29, 1.82) is 0 Å². The molecule has 2 amide bonds. The molecule has 20 heavy (non-hydrogen) atoms. The SMILES string of the molecule is Cc1cc(F)c(NC(=O)N2CC(CC(=O)O)C2)cc1F. The lowest BCUT2D eigenvalue weighted by molar-refractivity contribution is -0.139. The molecule has 1 fully saturated rings. The van der Waals surface area contributed by atoms with Crippen LogP contribution in [-0.2, 0) is 4.79 Å². The highest BCUT2D eigenvalue weighted by Crippen LogP contribution is 2.23. The minimum Gasteiger partial charge on any atom is -0.481 e. The van der Waals surface area contributed by atoms with Crippen molar-refractivity contribution in [2.45, 2.75) is 13.3 Å². The van der Waals surface area contributed by atoms with E-state index in [-0.39, 0.29) is 23.6 Å². The van der Waals surface area contributed by atoms with Gasteiger partial charge in [-0.1, -0.05) is 0 Å². The number of carbonyl (C=O) groups is 2. The average Bonchev–Trinajstić information content (AvgIpc) is 2.29. The summed E-state index contributed by atoms with van der Waals surface area (Å²) in [5.41, 5.74) is -0.0641. The van der Waals surface area contributed by atoms with Crippen LogP contribution in [0, 0.1) is 24.5 Å². The van der Waals surface area contributed by atoms with Crippen LogP contribution in [0.25, 0.3) is 0 Å². The number of aliphatic carboxylic acids is 1. The average molecular weight is 284 g/mol. The molecule has 0 aromatic heterocycles. The first kappa shape index (κ1) is 14.2. The van der Waals surface area contributed by atoms with Crippen molar-refractivity contribution in [3.05, 3.63) is 29.3 Å². The summed E-state index contributed by atoms with van der Waals surface area (Å²) in [5.74, 6) is -2.31. The van der Waals surface area contributed by atoms with Crippen LogP contribution >= 0.6 is 0 Å². The van der Waals surface area contributed by atoms with Crippen LogP contribution < -0.4 is 5.32 Å². The maximum atomic E-state index is 13.5. The number of rotatable bonds is 3. The summed E-state index contributed by atoms with van der Waals surface area (Å²) in [6.07, 6.45) is -0.00268. The zero-order valence-electron chi connectivity index (χ0n) is 10.8. The molecule has 1 saturated heterocycles. The van der Waals surface area contributed by atoms with E-state index in [1.54, 1.807) is 0 Å². The second-order valence-electron chi connectivity index (χ2n) is 4.88. The van der Waals surface area contributed by atoms with E-state index in [9.17, 15) is 18.4 Å². The van der Waals surface area contributed by atoms with Crippen LogP contribution in [-0.4, -0.2) is 35.1 Å². The molecule has 1 aromatic rings. The number of carboxylic acid groups (broad SMARTS) is 1. The fourth-order valence-electron chi connectivity index (χ4n) is 2.05.